The van der Waals surface area contributed by atoms with Gasteiger partial charge >= 0.3 is 6.03 Å². The number of benzene rings is 1. The monoisotopic (exact) mass is 300 g/mol. The highest BCUT2D eigenvalue weighted by Crippen LogP contribution is 2.19. The van der Waals surface area contributed by atoms with Gasteiger partial charge in [-0.1, -0.05) is 5.16 Å². The van der Waals surface area contributed by atoms with Crippen molar-refractivity contribution in [3.63, 3.8) is 0 Å². The summed E-state index contributed by atoms with van der Waals surface area (Å²) in [5, 5.41) is 11.9. The molecule has 114 valence electrons. The third-order valence-electron chi connectivity index (χ3n) is 3.16. The van der Waals surface area contributed by atoms with Gasteiger partial charge < -0.3 is 20.5 Å². The van der Waals surface area contributed by atoms with Crippen LogP contribution in [0.5, 0.6) is 0 Å². The molecular formula is C15H16N4O3. The maximum atomic E-state index is 11.9. The molecule has 1 aliphatic carbocycles. The van der Waals surface area contributed by atoms with Gasteiger partial charge in [0.05, 0.1) is 5.69 Å². The lowest BCUT2D eigenvalue weighted by Crippen LogP contribution is -2.30. The fourth-order valence-electron chi connectivity index (χ4n) is 1.88. The lowest BCUT2D eigenvalue weighted by atomic mass is 10.2. The lowest BCUT2D eigenvalue weighted by Gasteiger charge is -2.08. The van der Waals surface area contributed by atoms with Gasteiger partial charge in [0, 0.05) is 23.5 Å². The van der Waals surface area contributed by atoms with Gasteiger partial charge in [0.15, 0.2) is 0 Å². The molecule has 1 heterocycles. The summed E-state index contributed by atoms with van der Waals surface area (Å²) in [4.78, 5) is 23.5. The molecule has 1 saturated carbocycles. The predicted octanol–water partition coefficient (Wildman–Crippen LogP) is 2.52. The molecule has 0 unspecified atom stereocenters. The summed E-state index contributed by atoms with van der Waals surface area (Å²) in [6.45, 7) is 1.74. The van der Waals surface area contributed by atoms with Crippen LogP contribution in [0.25, 0.3) is 0 Å². The molecule has 3 N–H and O–H groups in total. The Kier molecular flexibility index (Phi) is 3.78. The van der Waals surface area contributed by atoms with Crippen molar-refractivity contribution in [2.75, 3.05) is 10.6 Å². The highest BCUT2D eigenvalue weighted by molar-refractivity contribution is 6.02. The van der Waals surface area contributed by atoms with Gasteiger partial charge in [-0.25, -0.2) is 4.79 Å². The Labute approximate surface area is 127 Å². The van der Waals surface area contributed by atoms with Crippen LogP contribution in [0, 0.1) is 6.92 Å². The van der Waals surface area contributed by atoms with E-state index in [-0.39, 0.29) is 17.7 Å². The number of carbonyl (C=O) groups is 2. The molecule has 1 fully saturated rings. The number of nitrogens with one attached hydrogen (secondary N) is 3. The number of aromatic nitrogens is 1. The van der Waals surface area contributed by atoms with Gasteiger partial charge in [0.1, 0.15) is 0 Å². The Morgan fingerprint density at radius 1 is 1.14 bits per heavy atom. The van der Waals surface area contributed by atoms with Gasteiger partial charge in [0.2, 0.25) is 5.76 Å². The van der Waals surface area contributed by atoms with Crippen LogP contribution in [0.15, 0.2) is 34.9 Å². The summed E-state index contributed by atoms with van der Waals surface area (Å²) >= 11 is 0. The zero-order valence-electron chi connectivity index (χ0n) is 12.1. The van der Waals surface area contributed by atoms with E-state index in [4.69, 9.17) is 4.52 Å². The average molecular weight is 300 g/mol. The van der Waals surface area contributed by atoms with E-state index < -0.39 is 0 Å². The maximum absolute atomic E-state index is 11.9. The third-order valence-corrected chi connectivity index (χ3v) is 3.16. The second kappa shape index (κ2) is 5.88. The Bertz CT molecular complexity index is 689. The molecule has 0 spiro atoms. The Hall–Kier alpha value is -2.83. The molecule has 3 amide bonds. The van der Waals surface area contributed by atoms with Gasteiger partial charge in [-0.15, -0.1) is 0 Å². The van der Waals surface area contributed by atoms with Crippen molar-refractivity contribution in [3.05, 3.63) is 41.8 Å². The Morgan fingerprint density at radius 2 is 1.77 bits per heavy atom. The average Bonchev–Trinajstić information content (AvgIpc) is 3.18. The minimum atomic E-state index is -0.368. The number of urea groups is 1. The van der Waals surface area contributed by atoms with Gasteiger partial charge in [-0.3, -0.25) is 4.79 Å². The number of rotatable bonds is 4. The van der Waals surface area contributed by atoms with Crippen molar-refractivity contribution >= 4 is 23.3 Å². The quantitative estimate of drug-likeness (QED) is 0.808. The van der Waals surface area contributed by atoms with E-state index in [0.29, 0.717) is 23.1 Å². The molecule has 1 aromatic carbocycles. The molecule has 7 heteroatoms. The number of hydrogen-bond donors (Lipinski definition) is 3. The number of anilines is 2. The summed E-state index contributed by atoms with van der Waals surface area (Å²) in [6, 6.07) is 8.50. The smallest absolute Gasteiger partial charge is 0.319 e. The van der Waals surface area contributed by atoms with Gasteiger partial charge in [-0.2, -0.15) is 0 Å². The minimum absolute atomic E-state index is 0.156. The largest absolute Gasteiger partial charge is 0.351 e. The minimum Gasteiger partial charge on any atom is -0.351 e. The van der Waals surface area contributed by atoms with Crippen LogP contribution < -0.4 is 16.0 Å². The zero-order valence-corrected chi connectivity index (χ0v) is 12.1. The van der Waals surface area contributed by atoms with Crippen molar-refractivity contribution in [1.82, 2.24) is 10.5 Å². The molecule has 2 aromatic rings. The van der Waals surface area contributed by atoms with Crippen LogP contribution in [0.3, 0.4) is 0 Å². The van der Waals surface area contributed by atoms with Gasteiger partial charge in [0.25, 0.3) is 5.91 Å². The summed E-state index contributed by atoms with van der Waals surface area (Å²) in [5.74, 6) is -0.212. The van der Waals surface area contributed by atoms with Crippen LogP contribution in [-0.2, 0) is 0 Å². The van der Waals surface area contributed by atoms with Crippen LogP contribution >= 0.6 is 0 Å². The van der Waals surface area contributed by atoms with Crippen molar-refractivity contribution in [1.29, 1.82) is 0 Å². The second-order valence-corrected chi connectivity index (χ2v) is 5.24. The molecule has 7 nitrogen and oxygen atoms in total. The molecule has 0 radical (unpaired) electrons. The van der Waals surface area contributed by atoms with Crippen molar-refractivity contribution < 1.29 is 14.1 Å². The normalized spacial score (nSPS) is 13.5. The number of hydrogen-bond acceptors (Lipinski definition) is 4. The van der Waals surface area contributed by atoms with E-state index in [0.717, 1.165) is 12.8 Å². The molecular weight excluding hydrogens is 284 g/mol. The van der Waals surface area contributed by atoms with Crippen LogP contribution in [0.2, 0.25) is 0 Å². The molecule has 0 atom stereocenters. The first-order valence-electron chi connectivity index (χ1n) is 7.02. The predicted molar refractivity (Wildman–Crippen MR) is 80.8 cm³/mol. The first kappa shape index (κ1) is 14.1. The molecule has 0 bridgehead atoms. The van der Waals surface area contributed by atoms with E-state index in [1.165, 1.54) is 0 Å². The third kappa shape index (κ3) is 3.63. The summed E-state index contributed by atoms with van der Waals surface area (Å²) in [7, 11) is 0. The molecule has 1 aliphatic rings. The highest BCUT2D eigenvalue weighted by atomic mass is 16.5. The summed E-state index contributed by atoms with van der Waals surface area (Å²) in [6.07, 6.45) is 2.08. The van der Waals surface area contributed by atoms with E-state index >= 15 is 0 Å². The molecule has 0 saturated heterocycles. The van der Waals surface area contributed by atoms with Crippen LogP contribution in [0.4, 0.5) is 16.2 Å². The Balaban J connectivity index is 1.56. The van der Waals surface area contributed by atoms with E-state index in [1.807, 2.05) is 0 Å². The van der Waals surface area contributed by atoms with Crippen LogP contribution in [0.1, 0.15) is 29.1 Å². The molecule has 3 rings (SSSR count). The maximum Gasteiger partial charge on any atom is 0.319 e. The topological polar surface area (TPSA) is 96.3 Å². The zero-order chi connectivity index (χ0) is 15.5. The number of amides is 3. The number of aryl methyl sites for hydroxylation is 1. The molecule has 22 heavy (non-hydrogen) atoms. The summed E-state index contributed by atoms with van der Waals surface area (Å²) < 4.78 is 4.89. The van der Waals surface area contributed by atoms with E-state index in [1.54, 1.807) is 37.3 Å². The SMILES string of the molecule is Cc1cc(C(=O)Nc2ccc(NC(=O)NC3CC3)cc2)on1. The molecule has 0 aliphatic heterocycles. The number of carbonyl (C=O) groups excluding carboxylic acids is 2. The Morgan fingerprint density at radius 3 is 2.32 bits per heavy atom. The standard InChI is InChI=1S/C15H16N4O3/c1-9-8-13(22-19-9)14(20)16-10-2-4-11(5-3-10)17-15(21)18-12-6-7-12/h2-5,8,12H,6-7H2,1H3,(H,16,20)(H2,17,18,21). The van der Waals surface area contributed by atoms with Crippen LogP contribution in [-0.4, -0.2) is 23.1 Å². The van der Waals surface area contributed by atoms with Crippen molar-refractivity contribution in [2.24, 2.45) is 0 Å². The highest BCUT2D eigenvalue weighted by Gasteiger charge is 2.23. The fraction of sp³-hybridized carbons (Fsp3) is 0.267. The molecule has 1 aromatic heterocycles. The number of nitrogens with zero attached hydrogens (tertiary/aromatic N) is 1. The van der Waals surface area contributed by atoms with Crippen molar-refractivity contribution in [3.8, 4) is 0 Å². The first-order valence-corrected chi connectivity index (χ1v) is 7.02. The second-order valence-electron chi connectivity index (χ2n) is 5.24. The van der Waals surface area contributed by atoms with Crippen molar-refractivity contribution in [2.45, 2.75) is 25.8 Å². The van der Waals surface area contributed by atoms with Gasteiger partial charge in [-0.05, 0) is 44.0 Å². The van der Waals surface area contributed by atoms with E-state index in [2.05, 4.69) is 21.1 Å². The summed E-state index contributed by atoms with van der Waals surface area (Å²) in [5.41, 5.74) is 1.91. The fourth-order valence-corrected chi connectivity index (χ4v) is 1.88. The first-order chi connectivity index (χ1) is 10.6. The van der Waals surface area contributed by atoms with E-state index in [9.17, 15) is 9.59 Å². The lowest BCUT2D eigenvalue weighted by molar-refractivity contribution is 0.0988.